The number of aromatic nitrogens is 1. The minimum atomic E-state index is 0.751. The van der Waals surface area contributed by atoms with Gasteiger partial charge in [-0.15, -0.1) is 0 Å². The van der Waals surface area contributed by atoms with Gasteiger partial charge < -0.3 is 10.2 Å². The summed E-state index contributed by atoms with van der Waals surface area (Å²) in [5.74, 6) is 0.962. The standard InChI is InChI=1S/C15H23N3/c1-3-13(11-16-7-1)6-10-18-9-2-8-17-15(12-18)14-4-5-14/h1,3,7,11,14-15,17H,2,4-6,8-10,12H2. The molecule has 98 valence electrons. The van der Waals surface area contributed by atoms with Crippen LogP contribution in [0.1, 0.15) is 24.8 Å². The van der Waals surface area contributed by atoms with Gasteiger partial charge in [-0.2, -0.15) is 0 Å². The predicted molar refractivity (Wildman–Crippen MR) is 73.5 cm³/mol. The Kier molecular flexibility index (Phi) is 3.91. The molecule has 1 saturated carbocycles. The average Bonchev–Trinajstić information content (AvgIpc) is 3.24. The van der Waals surface area contributed by atoms with Crippen molar-refractivity contribution in [2.24, 2.45) is 5.92 Å². The second-order valence-corrected chi connectivity index (χ2v) is 5.66. The largest absolute Gasteiger partial charge is 0.312 e. The number of nitrogens with zero attached hydrogens (tertiary/aromatic N) is 2. The molecule has 1 N–H and O–H groups in total. The number of hydrogen-bond acceptors (Lipinski definition) is 3. The van der Waals surface area contributed by atoms with Gasteiger partial charge in [0.2, 0.25) is 0 Å². The minimum absolute atomic E-state index is 0.751. The van der Waals surface area contributed by atoms with Crippen LogP contribution < -0.4 is 5.32 Å². The van der Waals surface area contributed by atoms with Crippen LogP contribution in [0.4, 0.5) is 0 Å². The third kappa shape index (κ3) is 3.30. The Bertz CT molecular complexity index is 361. The lowest BCUT2D eigenvalue weighted by molar-refractivity contribution is 0.261. The normalized spacial score (nSPS) is 25.9. The van der Waals surface area contributed by atoms with Crippen molar-refractivity contribution >= 4 is 0 Å². The fourth-order valence-electron chi connectivity index (χ4n) is 2.87. The molecule has 2 aliphatic rings. The molecule has 1 atom stereocenters. The number of hydrogen-bond donors (Lipinski definition) is 1. The van der Waals surface area contributed by atoms with Gasteiger partial charge in [-0.1, -0.05) is 6.07 Å². The molecule has 0 radical (unpaired) electrons. The van der Waals surface area contributed by atoms with E-state index < -0.39 is 0 Å². The lowest BCUT2D eigenvalue weighted by atomic mass is 10.1. The van der Waals surface area contributed by atoms with Gasteiger partial charge in [0.15, 0.2) is 0 Å². The van der Waals surface area contributed by atoms with Gasteiger partial charge in [0, 0.05) is 31.5 Å². The van der Waals surface area contributed by atoms with Crippen molar-refractivity contribution in [2.45, 2.75) is 31.7 Å². The maximum Gasteiger partial charge on any atom is 0.0300 e. The van der Waals surface area contributed by atoms with Gasteiger partial charge in [-0.3, -0.25) is 4.98 Å². The molecule has 1 saturated heterocycles. The van der Waals surface area contributed by atoms with Crippen LogP contribution in [0.3, 0.4) is 0 Å². The fraction of sp³-hybridized carbons (Fsp3) is 0.667. The van der Waals surface area contributed by atoms with E-state index in [1.54, 1.807) is 0 Å². The van der Waals surface area contributed by atoms with Crippen LogP contribution in [-0.2, 0) is 6.42 Å². The molecule has 1 aliphatic carbocycles. The number of rotatable bonds is 4. The Hall–Kier alpha value is -0.930. The monoisotopic (exact) mass is 245 g/mol. The zero-order valence-electron chi connectivity index (χ0n) is 11.0. The highest BCUT2D eigenvalue weighted by Gasteiger charge is 2.32. The maximum absolute atomic E-state index is 4.19. The van der Waals surface area contributed by atoms with Crippen LogP contribution in [0.2, 0.25) is 0 Å². The van der Waals surface area contributed by atoms with Gasteiger partial charge >= 0.3 is 0 Å². The molecule has 0 spiro atoms. The summed E-state index contributed by atoms with van der Waals surface area (Å²) in [6.07, 6.45) is 9.14. The molecule has 0 amide bonds. The van der Waals surface area contributed by atoms with Crippen molar-refractivity contribution < 1.29 is 0 Å². The Balaban J connectivity index is 1.51. The van der Waals surface area contributed by atoms with Gasteiger partial charge in [0.25, 0.3) is 0 Å². The van der Waals surface area contributed by atoms with Crippen LogP contribution in [-0.4, -0.2) is 42.1 Å². The van der Waals surface area contributed by atoms with Gasteiger partial charge in [0.1, 0.15) is 0 Å². The molecule has 0 aromatic carbocycles. The highest BCUT2D eigenvalue weighted by Crippen LogP contribution is 2.33. The zero-order valence-corrected chi connectivity index (χ0v) is 11.0. The van der Waals surface area contributed by atoms with Gasteiger partial charge in [-0.25, -0.2) is 0 Å². The van der Waals surface area contributed by atoms with E-state index in [2.05, 4.69) is 21.3 Å². The van der Waals surface area contributed by atoms with Gasteiger partial charge in [-0.05, 0) is 56.3 Å². The molecule has 3 rings (SSSR count). The Labute approximate surface area is 110 Å². The van der Waals surface area contributed by atoms with Gasteiger partial charge in [0.05, 0.1) is 0 Å². The molecule has 1 aliphatic heterocycles. The first-order valence-electron chi connectivity index (χ1n) is 7.26. The first-order chi connectivity index (χ1) is 8.92. The van der Waals surface area contributed by atoms with Crippen molar-refractivity contribution in [3.05, 3.63) is 30.1 Å². The highest BCUT2D eigenvalue weighted by molar-refractivity contribution is 5.08. The Morgan fingerprint density at radius 1 is 1.39 bits per heavy atom. The second-order valence-electron chi connectivity index (χ2n) is 5.66. The van der Waals surface area contributed by atoms with E-state index >= 15 is 0 Å². The lowest BCUT2D eigenvalue weighted by Crippen LogP contribution is -2.39. The number of nitrogens with one attached hydrogen (secondary N) is 1. The van der Waals surface area contributed by atoms with E-state index in [0.29, 0.717) is 0 Å². The fourth-order valence-corrected chi connectivity index (χ4v) is 2.87. The number of pyridine rings is 1. The predicted octanol–water partition coefficient (Wildman–Crippen LogP) is 1.70. The molecule has 2 fully saturated rings. The molecule has 1 aromatic rings. The molecule has 1 unspecified atom stereocenters. The minimum Gasteiger partial charge on any atom is -0.312 e. The van der Waals surface area contributed by atoms with E-state index in [-0.39, 0.29) is 0 Å². The maximum atomic E-state index is 4.19. The summed E-state index contributed by atoms with van der Waals surface area (Å²) in [7, 11) is 0. The summed E-state index contributed by atoms with van der Waals surface area (Å²) in [6.45, 7) is 4.86. The van der Waals surface area contributed by atoms with E-state index in [4.69, 9.17) is 0 Å². The van der Waals surface area contributed by atoms with E-state index in [1.165, 1.54) is 51.0 Å². The van der Waals surface area contributed by atoms with Crippen LogP contribution in [0, 0.1) is 5.92 Å². The molecular weight excluding hydrogens is 222 g/mol. The Morgan fingerprint density at radius 3 is 3.11 bits per heavy atom. The van der Waals surface area contributed by atoms with Crippen molar-refractivity contribution in [3.8, 4) is 0 Å². The third-order valence-corrected chi connectivity index (χ3v) is 4.14. The van der Waals surface area contributed by atoms with Crippen molar-refractivity contribution in [1.82, 2.24) is 15.2 Å². The molecule has 3 heteroatoms. The van der Waals surface area contributed by atoms with Crippen LogP contribution >= 0.6 is 0 Å². The quantitative estimate of drug-likeness (QED) is 0.875. The first-order valence-corrected chi connectivity index (χ1v) is 7.26. The topological polar surface area (TPSA) is 28.2 Å². The summed E-state index contributed by atoms with van der Waals surface area (Å²) in [4.78, 5) is 6.82. The smallest absolute Gasteiger partial charge is 0.0300 e. The molecule has 3 nitrogen and oxygen atoms in total. The lowest BCUT2D eigenvalue weighted by Gasteiger charge is -2.24. The highest BCUT2D eigenvalue weighted by atomic mass is 15.2. The molecule has 18 heavy (non-hydrogen) atoms. The van der Waals surface area contributed by atoms with Crippen molar-refractivity contribution in [1.29, 1.82) is 0 Å². The Morgan fingerprint density at radius 2 is 2.33 bits per heavy atom. The molecular formula is C15H23N3. The van der Waals surface area contributed by atoms with Crippen molar-refractivity contribution in [2.75, 3.05) is 26.2 Å². The average molecular weight is 245 g/mol. The third-order valence-electron chi connectivity index (χ3n) is 4.14. The van der Waals surface area contributed by atoms with E-state index in [9.17, 15) is 0 Å². The van der Waals surface area contributed by atoms with Crippen LogP contribution in [0.25, 0.3) is 0 Å². The van der Waals surface area contributed by atoms with Crippen LogP contribution in [0.5, 0.6) is 0 Å². The summed E-state index contributed by atoms with van der Waals surface area (Å²) >= 11 is 0. The second kappa shape index (κ2) is 5.81. The van der Waals surface area contributed by atoms with Crippen LogP contribution in [0.15, 0.2) is 24.5 Å². The summed E-state index contributed by atoms with van der Waals surface area (Å²) in [6, 6.07) is 4.97. The summed E-state index contributed by atoms with van der Waals surface area (Å²) in [5.41, 5.74) is 1.36. The summed E-state index contributed by atoms with van der Waals surface area (Å²) < 4.78 is 0. The summed E-state index contributed by atoms with van der Waals surface area (Å²) in [5, 5.41) is 3.72. The SMILES string of the molecule is c1cncc(CCN2CCCNC(C3CC3)C2)c1. The van der Waals surface area contributed by atoms with E-state index in [0.717, 1.165) is 18.4 Å². The zero-order chi connectivity index (χ0) is 12.2. The first kappa shape index (κ1) is 12.1. The molecule has 0 bridgehead atoms. The van der Waals surface area contributed by atoms with E-state index in [1.807, 2.05) is 18.5 Å². The molecule has 2 heterocycles. The van der Waals surface area contributed by atoms with Crippen molar-refractivity contribution in [3.63, 3.8) is 0 Å². The molecule has 1 aromatic heterocycles.